The summed E-state index contributed by atoms with van der Waals surface area (Å²) in [5.74, 6) is 0.00517. The third-order valence-electron chi connectivity index (χ3n) is 3.63. The monoisotopic (exact) mass is 281 g/mol. The van der Waals surface area contributed by atoms with Crippen LogP contribution in [0.2, 0.25) is 0 Å². The Hall–Kier alpha value is -2.17. The largest absolute Gasteiger partial charge is 0.324 e. The molecule has 0 saturated carbocycles. The summed E-state index contributed by atoms with van der Waals surface area (Å²) in [7, 11) is 0. The van der Waals surface area contributed by atoms with Crippen LogP contribution in [0, 0.1) is 0 Å². The SMILES string of the molecule is O=C(Nc1ccccc1-c1ccccc1)C1CNCCN1. The van der Waals surface area contributed by atoms with Gasteiger partial charge < -0.3 is 16.0 Å². The van der Waals surface area contributed by atoms with E-state index in [9.17, 15) is 4.79 Å². The topological polar surface area (TPSA) is 53.2 Å². The first-order chi connectivity index (χ1) is 10.3. The van der Waals surface area contributed by atoms with Gasteiger partial charge >= 0.3 is 0 Å². The number of carbonyl (C=O) groups excluding carboxylic acids is 1. The zero-order valence-electron chi connectivity index (χ0n) is 11.8. The van der Waals surface area contributed by atoms with E-state index in [2.05, 4.69) is 16.0 Å². The van der Waals surface area contributed by atoms with Gasteiger partial charge in [-0.1, -0.05) is 48.5 Å². The van der Waals surface area contributed by atoms with E-state index < -0.39 is 0 Å². The second-order valence-corrected chi connectivity index (χ2v) is 5.11. The molecule has 1 saturated heterocycles. The summed E-state index contributed by atoms with van der Waals surface area (Å²) >= 11 is 0. The molecule has 1 unspecified atom stereocenters. The number of benzene rings is 2. The van der Waals surface area contributed by atoms with Crippen molar-refractivity contribution in [3.05, 3.63) is 54.6 Å². The molecule has 1 aliphatic heterocycles. The summed E-state index contributed by atoms with van der Waals surface area (Å²) in [5.41, 5.74) is 2.99. The van der Waals surface area contributed by atoms with E-state index >= 15 is 0 Å². The molecule has 3 rings (SSSR count). The summed E-state index contributed by atoms with van der Waals surface area (Å²) in [6.45, 7) is 2.39. The highest BCUT2D eigenvalue weighted by Gasteiger charge is 2.20. The van der Waals surface area contributed by atoms with Gasteiger partial charge in [0.2, 0.25) is 5.91 Å². The highest BCUT2D eigenvalue weighted by molar-refractivity contribution is 5.98. The van der Waals surface area contributed by atoms with E-state index in [1.807, 2.05) is 54.6 Å². The van der Waals surface area contributed by atoms with Gasteiger partial charge in [0.25, 0.3) is 0 Å². The Morgan fingerprint density at radius 1 is 1.00 bits per heavy atom. The van der Waals surface area contributed by atoms with Crippen molar-refractivity contribution in [1.82, 2.24) is 10.6 Å². The third kappa shape index (κ3) is 3.29. The molecule has 2 aromatic carbocycles. The van der Waals surface area contributed by atoms with Gasteiger partial charge in [0, 0.05) is 30.9 Å². The van der Waals surface area contributed by atoms with E-state index in [0.29, 0.717) is 6.54 Å². The van der Waals surface area contributed by atoms with Crippen LogP contribution in [0.25, 0.3) is 11.1 Å². The summed E-state index contributed by atoms with van der Waals surface area (Å²) in [4.78, 5) is 12.3. The van der Waals surface area contributed by atoms with Crippen LogP contribution in [-0.2, 0) is 4.79 Å². The predicted octanol–water partition coefficient (Wildman–Crippen LogP) is 1.85. The molecule has 108 valence electrons. The normalized spacial score (nSPS) is 18.2. The average Bonchev–Trinajstić information content (AvgIpc) is 2.57. The number of hydrogen-bond donors (Lipinski definition) is 3. The first-order valence-corrected chi connectivity index (χ1v) is 7.24. The first kappa shape index (κ1) is 13.8. The van der Waals surface area contributed by atoms with Gasteiger partial charge in [-0.05, 0) is 11.6 Å². The lowest BCUT2D eigenvalue weighted by Crippen LogP contribution is -2.54. The van der Waals surface area contributed by atoms with Crippen LogP contribution in [0.1, 0.15) is 0 Å². The fraction of sp³-hybridized carbons (Fsp3) is 0.235. The molecule has 4 nitrogen and oxygen atoms in total. The van der Waals surface area contributed by atoms with Crippen LogP contribution in [0.4, 0.5) is 5.69 Å². The van der Waals surface area contributed by atoms with Crippen molar-refractivity contribution < 1.29 is 4.79 Å². The molecule has 0 radical (unpaired) electrons. The Morgan fingerprint density at radius 2 is 1.76 bits per heavy atom. The lowest BCUT2D eigenvalue weighted by atomic mass is 10.0. The number of hydrogen-bond acceptors (Lipinski definition) is 3. The molecule has 0 spiro atoms. The molecular weight excluding hydrogens is 262 g/mol. The third-order valence-corrected chi connectivity index (χ3v) is 3.63. The number of carbonyl (C=O) groups is 1. The van der Waals surface area contributed by atoms with E-state index in [0.717, 1.165) is 29.9 Å². The van der Waals surface area contributed by atoms with Crippen LogP contribution in [0.3, 0.4) is 0 Å². The lowest BCUT2D eigenvalue weighted by Gasteiger charge is -2.24. The minimum absolute atomic E-state index is 0.00517. The Labute approximate surface area is 124 Å². The Bertz CT molecular complexity index is 606. The lowest BCUT2D eigenvalue weighted by molar-refractivity contribution is -0.118. The minimum Gasteiger partial charge on any atom is -0.324 e. The number of piperazine rings is 1. The fourth-order valence-electron chi connectivity index (χ4n) is 2.52. The second-order valence-electron chi connectivity index (χ2n) is 5.11. The van der Waals surface area contributed by atoms with Crippen LogP contribution in [0.5, 0.6) is 0 Å². The zero-order chi connectivity index (χ0) is 14.5. The molecule has 1 fully saturated rings. The summed E-state index contributed by atoms with van der Waals surface area (Å²) < 4.78 is 0. The maximum absolute atomic E-state index is 12.3. The fourth-order valence-corrected chi connectivity index (χ4v) is 2.52. The predicted molar refractivity (Wildman–Crippen MR) is 85.2 cm³/mol. The van der Waals surface area contributed by atoms with Gasteiger partial charge in [0.05, 0.1) is 6.04 Å². The van der Waals surface area contributed by atoms with Crippen LogP contribution in [-0.4, -0.2) is 31.6 Å². The number of nitrogens with one attached hydrogen (secondary N) is 3. The number of para-hydroxylation sites is 1. The molecule has 1 amide bonds. The van der Waals surface area contributed by atoms with Crippen molar-refractivity contribution in [3.63, 3.8) is 0 Å². The van der Waals surface area contributed by atoms with Crippen molar-refractivity contribution in [1.29, 1.82) is 0 Å². The van der Waals surface area contributed by atoms with E-state index in [1.165, 1.54) is 0 Å². The Morgan fingerprint density at radius 3 is 2.52 bits per heavy atom. The van der Waals surface area contributed by atoms with Gasteiger partial charge in [-0.2, -0.15) is 0 Å². The maximum Gasteiger partial charge on any atom is 0.242 e. The van der Waals surface area contributed by atoms with Gasteiger partial charge in [-0.3, -0.25) is 4.79 Å². The molecule has 0 aromatic heterocycles. The van der Waals surface area contributed by atoms with Crippen LogP contribution >= 0.6 is 0 Å². The van der Waals surface area contributed by atoms with Gasteiger partial charge in [0.1, 0.15) is 0 Å². The van der Waals surface area contributed by atoms with Gasteiger partial charge in [0.15, 0.2) is 0 Å². The molecule has 0 bridgehead atoms. The molecule has 2 aromatic rings. The molecule has 4 heteroatoms. The molecule has 1 atom stereocenters. The molecule has 0 aliphatic carbocycles. The van der Waals surface area contributed by atoms with E-state index in [-0.39, 0.29) is 11.9 Å². The standard InChI is InChI=1S/C17H19N3O/c21-17(16-12-18-10-11-19-16)20-15-9-5-4-8-14(15)13-6-2-1-3-7-13/h1-9,16,18-19H,10-12H2,(H,20,21). The summed E-state index contributed by atoms with van der Waals surface area (Å²) in [6.07, 6.45) is 0. The van der Waals surface area contributed by atoms with Gasteiger partial charge in [-0.25, -0.2) is 0 Å². The summed E-state index contributed by atoms with van der Waals surface area (Å²) in [5, 5.41) is 9.49. The molecule has 3 N–H and O–H groups in total. The first-order valence-electron chi connectivity index (χ1n) is 7.24. The van der Waals surface area contributed by atoms with Crippen LogP contribution < -0.4 is 16.0 Å². The number of anilines is 1. The Balaban J connectivity index is 1.81. The smallest absolute Gasteiger partial charge is 0.242 e. The minimum atomic E-state index is -0.178. The van der Waals surface area contributed by atoms with Crippen LogP contribution in [0.15, 0.2) is 54.6 Å². The zero-order valence-corrected chi connectivity index (χ0v) is 11.8. The van der Waals surface area contributed by atoms with E-state index in [4.69, 9.17) is 0 Å². The quantitative estimate of drug-likeness (QED) is 0.805. The molecule has 21 heavy (non-hydrogen) atoms. The van der Waals surface area contributed by atoms with Crippen molar-refractivity contribution in [3.8, 4) is 11.1 Å². The molecule has 1 heterocycles. The highest BCUT2D eigenvalue weighted by Crippen LogP contribution is 2.27. The second kappa shape index (κ2) is 6.52. The Kier molecular flexibility index (Phi) is 4.28. The van der Waals surface area contributed by atoms with Gasteiger partial charge in [-0.15, -0.1) is 0 Å². The van der Waals surface area contributed by atoms with Crippen molar-refractivity contribution in [2.24, 2.45) is 0 Å². The van der Waals surface area contributed by atoms with Crippen molar-refractivity contribution in [2.45, 2.75) is 6.04 Å². The molecular formula is C17H19N3O. The maximum atomic E-state index is 12.3. The molecule has 1 aliphatic rings. The number of rotatable bonds is 3. The highest BCUT2D eigenvalue weighted by atomic mass is 16.2. The summed E-state index contributed by atoms with van der Waals surface area (Å²) in [6, 6.07) is 17.8. The van der Waals surface area contributed by atoms with Crippen molar-refractivity contribution in [2.75, 3.05) is 25.0 Å². The van der Waals surface area contributed by atoms with Crippen molar-refractivity contribution >= 4 is 11.6 Å². The van der Waals surface area contributed by atoms with E-state index in [1.54, 1.807) is 0 Å². The number of amides is 1. The average molecular weight is 281 g/mol.